The highest BCUT2D eigenvalue weighted by Crippen LogP contribution is 2.25. The Balaban J connectivity index is 2.89. The average Bonchev–Trinajstić information content (AvgIpc) is 2.12. The van der Waals surface area contributed by atoms with Crippen LogP contribution >= 0.6 is 15.9 Å². The molecule has 2 heterocycles. The summed E-state index contributed by atoms with van der Waals surface area (Å²) in [4.78, 5) is 8.51. The zero-order valence-corrected chi connectivity index (χ0v) is 8.67. The minimum Gasteiger partial charge on any atom is -0.396 e. The summed E-state index contributed by atoms with van der Waals surface area (Å²) in [5.41, 5.74) is 8.93. The van der Waals surface area contributed by atoms with Gasteiger partial charge in [-0.3, -0.25) is 9.97 Å². The van der Waals surface area contributed by atoms with Crippen LogP contribution in [0, 0.1) is 6.92 Å². The number of nitrogens with two attached hydrogens (primary N) is 1. The topological polar surface area (TPSA) is 51.8 Å². The summed E-state index contributed by atoms with van der Waals surface area (Å²) in [6.45, 7) is 1.94. The first kappa shape index (κ1) is 8.44. The lowest BCUT2D eigenvalue weighted by molar-refractivity contribution is 1.23. The molecule has 0 bridgehead atoms. The predicted octanol–water partition coefficient (Wildman–Crippen LogP) is 2.28. The summed E-state index contributed by atoms with van der Waals surface area (Å²) in [5.74, 6) is 0. The quantitative estimate of drug-likeness (QED) is 0.765. The van der Waals surface area contributed by atoms with Gasteiger partial charge >= 0.3 is 0 Å². The number of fused-ring (bicyclic) bond motifs is 1. The van der Waals surface area contributed by atoms with Crippen molar-refractivity contribution in [1.82, 2.24) is 9.97 Å². The van der Waals surface area contributed by atoms with Crippen LogP contribution in [-0.2, 0) is 0 Å². The summed E-state index contributed by atoms with van der Waals surface area (Å²) < 4.78 is 0.821. The van der Waals surface area contributed by atoms with Crippen molar-refractivity contribution in [2.75, 3.05) is 5.73 Å². The van der Waals surface area contributed by atoms with Gasteiger partial charge in [0.25, 0.3) is 0 Å². The lowest BCUT2D eigenvalue weighted by Crippen LogP contribution is -1.92. The zero-order valence-electron chi connectivity index (χ0n) is 7.08. The van der Waals surface area contributed by atoms with E-state index in [-0.39, 0.29) is 0 Å². The van der Waals surface area contributed by atoms with Crippen LogP contribution in [0.4, 0.5) is 5.69 Å². The average molecular weight is 238 g/mol. The molecule has 0 aliphatic carbocycles. The summed E-state index contributed by atoms with van der Waals surface area (Å²) in [5, 5.41) is 0. The van der Waals surface area contributed by atoms with Crippen molar-refractivity contribution in [3.8, 4) is 0 Å². The largest absolute Gasteiger partial charge is 0.396 e. The Morgan fingerprint density at radius 1 is 1.38 bits per heavy atom. The third-order valence-corrected chi connectivity index (χ3v) is 2.65. The van der Waals surface area contributed by atoms with Crippen molar-refractivity contribution < 1.29 is 0 Å². The lowest BCUT2D eigenvalue weighted by atomic mass is 10.3. The number of aryl methyl sites for hydroxylation is 1. The molecule has 4 heteroatoms. The van der Waals surface area contributed by atoms with Crippen molar-refractivity contribution in [3.05, 3.63) is 28.5 Å². The van der Waals surface area contributed by atoms with E-state index < -0.39 is 0 Å². The van der Waals surface area contributed by atoms with E-state index in [0.717, 1.165) is 21.2 Å². The van der Waals surface area contributed by atoms with Gasteiger partial charge in [0.1, 0.15) is 5.52 Å². The van der Waals surface area contributed by atoms with E-state index >= 15 is 0 Å². The molecule has 2 N–H and O–H groups in total. The number of hydrogen-bond acceptors (Lipinski definition) is 3. The first-order chi connectivity index (χ1) is 6.18. The zero-order chi connectivity index (χ0) is 9.42. The van der Waals surface area contributed by atoms with Gasteiger partial charge in [-0.1, -0.05) is 0 Å². The fraction of sp³-hybridized carbons (Fsp3) is 0.111. The fourth-order valence-corrected chi connectivity index (χ4v) is 1.54. The second kappa shape index (κ2) is 2.96. The number of pyridine rings is 2. The maximum Gasteiger partial charge on any atom is 0.105 e. The minimum atomic E-state index is 0.616. The van der Waals surface area contributed by atoms with Crippen LogP contribution in [0.15, 0.2) is 22.8 Å². The van der Waals surface area contributed by atoms with Gasteiger partial charge in [-0.2, -0.15) is 0 Å². The van der Waals surface area contributed by atoms with Crippen LogP contribution in [-0.4, -0.2) is 9.97 Å². The molecule has 0 aromatic carbocycles. The van der Waals surface area contributed by atoms with Crippen LogP contribution in [0.3, 0.4) is 0 Å². The first-order valence-corrected chi connectivity index (χ1v) is 4.65. The van der Waals surface area contributed by atoms with Crippen molar-refractivity contribution >= 4 is 32.7 Å². The Kier molecular flexibility index (Phi) is 1.92. The number of nitrogens with zero attached hydrogens (tertiary/aromatic N) is 2. The second-order valence-corrected chi connectivity index (χ2v) is 3.64. The number of rotatable bonds is 0. The fourth-order valence-electron chi connectivity index (χ4n) is 1.15. The molecule has 0 radical (unpaired) electrons. The summed E-state index contributed by atoms with van der Waals surface area (Å²) in [6.07, 6.45) is 1.63. The Hall–Kier alpha value is -1.16. The molecule has 0 amide bonds. The number of hydrogen-bond donors (Lipinski definition) is 1. The predicted molar refractivity (Wildman–Crippen MR) is 56.4 cm³/mol. The van der Waals surface area contributed by atoms with E-state index in [4.69, 9.17) is 5.73 Å². The van der Waals surface area contributed by atoms with Crippen LogP contribution in [0.5, 0.6) is 0 Å². The molecular formula is C9H8BrN3. The maximum atomic E-state index is 5.69. The van der Waals surface area contributed by atoms with E-state index in [1.54, 1.807) is 6.20 Å². The Labute approximate surface area is 84.1 Å². The SMILES string of the molecule is Cc1ccc2ncc(N)c(Br)c2n1. The molecule has 2 aromatic heterocycles. The normalized spacial score (nSPS) is 10.6. The standard InChI is InChI=1S/C9H8BrN3/c1-5-2-3-7-9(13-5)8(10)6(11)4-12-7/h2-4H,11H2,1H3. The Morgan fingerprint density at radius 3 is 2.92 bits per heavy atom. The molecule has 3 nitrogen and oxygen atoms in total. The van der Waals surface area contributed by atoms with Gasteiger partial charge in [-0.25, -0.2) is 0 Å². The first-order valence-electron chi connectivity index (χ1n) is 3.86. The number of nitrogen functional groups attached to an aromatic ring is 1. The van der Waals surface area contributed by atoms with E-state index in [1.165, 1.54) is 0 Å². The molecule has 13 heavy (non-hydrogen) atoms. The van der Waals surface area contributed by atoms with Gasteiger partial charge in [-0.15, -0.1) is 0 Å². The van der Waals surface area contributed by atoms with Gasteiger partial charge in [0.05, 0.1) is 21.9 Å². The number of aromatic nitrogens is 2. The molecule has 0 fully saturated rings. The smallest absolute Gasteiger partial charge is 0.105 e. The molecular weight excluding hydrogens is 230 g/mol. The van der Waals surface area contributed by atoms with E-state index in [0.29, 0.717) is 5.69 Å². The molecule has 0 unspecified atom stereocenters. The monoisotopic (exact) mass is 237 g/mol. The molecule has 0 aliphatic heterocycles. The summed E-state index contributed by atoms with van der Waals surface area (Å²) in [7, 11) is 0. The molecule has 0 saturated heterocycles. The molecule has 0 saturated carbocycles. The van der Waals surface area contributed by atoms with Gasteiger partial charge in [0.15, 0.2) is 0 Å². The Morgan fingerprint density at radius 2 is 2.15 bits per heavy atom. The van der Waals surface area contributed by atoms with E-state index in [2.05, 4.69) is 25.9 Å². The van der Waals surface area contributed by atoms with Crippen molar-refractivity contribution in [2.45, 2.75) is 6.92 Å². The summed E-state index contributed by atoms with van der Waals surface area (Å²) in [6, 6.07) is 3.86. The number of halogens is 1. The summed E-state index contributed by atoms with van der Waals surface area (Å²) >= 11 is 3.39. The van der Waals surface area contributed by atoms with Gasteiger partial charge in [-0.05, 0) is 35.0 Å². The van der Waals surface area contributed by atoms with Crippen molar-refractivity contribution in [2.24, 2.45) is 0 Å². The highest BCUT2D eigenvalue weighted by Gasteiger charge is 2.04. The van der Waals surface area contributed by atoms with Gasteiger partial charge in [0, 0.05) is 5.69 Å². The third-order valence-electron chi connectivity index (χ3n) is 1.82. The lowest BCUT2D eigenvalue weighted by Gasteiger charge is -2.02. The van der Waals surface area contributed by atoms with Gasteiger partial charge < -0.3 is 5.73 Å². The molecule has 0 aliphatic rings. The van der Waals surface area contributed by atoms with Crippen LogP contribution < -0.4 is 5.73 Å². The van der Waals surface area contributed by atoms with Gasteiger partial charge in [0.2, 0.25) is 0 Å². The van der Waals surface area contributed by atoms with Crippen LogP contribution in [0.1, 0.15) is 5.69 Å². The number of anilines is 1. The minimum absolute atomic E-state index is 0.616. The van der Waals surface area contributed by atoms with Crippen LogP contribution in [0.2, 0.25) is 0 Å². The van der Waals surface area contributed by atoms with Crippen molar-refractivity contribution in [1.29, 1.82) is 0 Å². The molecule has 66 valence electrons. The highest BCUT2D eigenvalue weighted by atomic mass is 79.9. The van der Waals surface area contributed by atoms with E-state index in [1.807, 2.05) is 19.1 Å². The molecule has 0 spiro atoms. The maximum absolute atomic E-state index is 5.69. The Bertz CT molecular complexity index is 462. The third kappa shape index (κ3) is 1.37. The van der Waals surface area contributed by atoms with Crippen LogP contribution in [0.25, 0.3) is 11.0 Å². The van der Waals surface area contributed by atoms with E-state index in [9.17, 15) is 0 Å². The molecule has 2 aromatic rings. The highest BCUT2D eigenvalue weighted by molar-refractivity contribution is 9.10. The van der Waals surface area contributed by atoms with Crippen molar-refractivity contribution in [3.63, 3.8) is 0 Å². The molecule has 2 rings (SSSR count). The second-order valence-electron chi connectivity index (χ2n) is 2.85. The molecule has 0 atom stereocenters.